The molecule has 0 heterocycles. The van der Waals surface area contributed by atoms with Crippen LogP contribution in [0.2, 0.25) is 0 Å². The molecular weight excluding hydrogens is 531 g/mol. The van der Waals surface area contributed by atoms with Crippen LogP contribution in [0.5, 0.6) is 11.5 Å². The van der Waals surface area contributed by atoms with Crippen molar-refractivity contribution in [2.75, 3.05) is 6.61 Å². The first kappa shape index (κ1) is 23.0. The molecule has 160 valence electrons. The maximum absolute atomic E-state index is 13.1. The van der Waals surface area contributed by atoms with E-state index in [0.717, 1.165) is 5.56 Å². The molecule has 5 nitrogen and oxygen atoms in total. The molecule has 0 unspecified atom stereocenters. The van der Waals surface area contributed by atoms with E-state index >= 15 is 0 Å². The van der Waals surface area contributed by atoms with Crippen LogP contribution in [0.1, 0.15) is 28.4 Å². The molecule has 0 saturated heterocycles. The highest BCUT2D eigenvalue weighted by Crippen LogP contribution is 2.37. The Kier molecular flexibility index (Phi) is 8.20. The summed E-state index contributed by atoms with van der Waals surface area (Å²) < 4.78 is 26.0. The van der Waals surface area contributed by atoms with Gasteiger partial charge in [0.25, 0.3) is 5.91 Å². The number of amides is 1. The summed E-state index contributed by atoms with van der Waals surface area (Å²) in [5.74, 6) is 0.431. The Morgan fingerprint density at radius 2 is 1.81 bits per heavy atom. The van der Waals surface area contributed by atoms with Crippen LogP contribution in [0.25, 0.3) is 0 Å². The second-order valence-electron chi connectivity index (χ2n) is 6.36. The van der Waals surface area contributed by atoms with Gasteiger partial charge in [0.15, 0.2) is 11.5 Å². The second kappa shape index (κ2) is 11.1. The van der Waals surface area contributed by atoms with Gasteiger partial charge in [-0.05, 0) is 86.3 Å². The molecule has 0 radical (unpaired) electrons. The van der Waals surface area contributed by atoms with Crippen molar-refractivity contribution in [2.45, 2.75) is 13.5 Å². The van der Waals surface area contributed by atoms with E-state index in [4.69, 9.17) is 9.47 Å². The molecule has 0 saturated carbocycles. The van der Waals surface area contributed by atoms with Crippen molar-refractivity contribution in [1.29, 1.82) is 0 Å². The predicted octanol–water partition coefficient (Wildman–Crippen LogP) is 6.09. The molecular formula is C23H19Br2FN2O3. The predicted molar refractivity (Wildman–Crippen MR) is 125 cm³/mol. The van der Waals surface area contributed by atoms with Crippen LogP contribution in [0.3, 0.4) is 0 Å². The molecule has 0 atom stereocenters. The van der Waals surface area contributed by atoms with Crippen LogP contribution >= 0.6 is 31.9 Å². The van der Waals surface area contributed by atoms with Gasteiger partial charge in [-0.2, -0.15) is 5.10 Å². The van der Waals surface area contributed by atoms with Gasteiger partial charge in [-0.3, -0.25) is 4.79 Å². The number of hydrogen-bond donors (Lipinski definition) is 1. The SMILES string of the molecule is CCOc1cc(/C=N\NC(=O)c2ccccc2Br)cc(Br)c1OCc1ccc(F)cc1. The molecule has 0 spiro atoms. The topological polar surface area (TPSA) is 59.9 Å². The third-order valence-electron chi connectivity index (χ3n) is 4.13. The van der Waals surface area contributed by atoms with Crippen molar-refractivity contribution in [3.63, 3.8) is 0 Å². The van der Waals surface area contributed by atoms with Crippen molar-refractivity contribution in [3.8, 4) is 11.5 Å². The minimum Gasteiger partial charge on any atom is -0.490 e. The van der Waals surface area contributed by atoms with E-state index in [2.05, 4.69) is 42.4 Å². The van der Waals surface area contributed by atoms with Crippen molar-refractivity contribution < 1.29 is 18.7 Å². The van der Waals surface area contributed by atoms with Crippen LogP contribution in [0, 0.1) is 5.82 Å². The zero-order valence-corrected chi connectivity index (χ0v) is 19.7. The normalized spacial score (nSPS) is 10.8. The molecule has 3 aromatic carbocycles. The summed E-state index contributed by atoms with van der Waals surface area (Å²) in [6, 6.07) is 16.8. The third kappa shape index (κ3) is 6.38. The summed E-state index contributed by atoms with van der Waals surface area (Å²) >= 11 is 6.85. The Morgan fingerprint density at radius 3 is 2.52 bits per heavy atom. The van der Waals surface area contributed by atoms with Crippen molar-refractivity contribution in [1.82, 2.24) is 5.43 Å². The largest absolute Gasteiger partial charge is 0.490 e. The van der Waals surface area contributed by atoms with Crippen molar-refractivity contribution >= 4 is 44.0 Å². The summed E-state index contributed by atoms with van der Waals surface area (Å²) in [7, 11) is 0. The van der Waals surface area contributed by atoms with Gasteiger partial charge in [-0.1, -0.05) is 24.3 Å². The molecule has 8 heteroatoms. The Hall–Kier alpha value is -2.71. The molecule has 3 aromatic rings. The van der Waals surface area contributed by atoms with Crippen molar-refractivity contribution in [3.05, 3.63) is 92.1 Å². The quantitative estimate of drug-likeness (QED) is 0.273. The van der Waals surface area contributed by atoms with Gasteiger partial charge in [0.05, 0.1) is 22.9 Å². The number of nitrogens with zero attached hydrogens (tertiary/aromatic N) is 1. The van der Waals surface area contributed by atoms with Crippen LogP contribution < -0.4 is 14.9 Å². The highest BCUT2D eigenvalue weighted by atomic mass is 79.9. The van der Waals surface area contributed by atoms with E-state index in [-0.39, 0.29) is 18.3 Å². The van der Waals surface area contributed by atoms with Crippen molar-refractivity contribution in [2.24, 2.45) is 5.10 Å². The smallest absolute Gasteiger partial charge is 0.272 e. The number of carbonyl (C=O) groups excluding carboxylic acids is 1. The second-order valence-corrected chi connectivity index (χ2v) is 8.07. The van der Waals surface area contributed by atoms with Crippen LogP contribution in [-0.2, 0) is 6.61 Å². The summed E-state index contributed by atoms with van der Waals surface area (Å²) in [6.45, 7) is 2.57. The van der Waals surface area contributed by atoms with Gasteiger partial charge in [0.2, 0.25) is 0 Å². The number of halogens is 3. The maximum Gasteiger partial charge on any atom is 0.272 e. The molecule has 1 amide bonds. The lowest BCUT2D eigenvalue weighted by Gasteiger charge is -2.14. The van der Waals surface area contributed by atoms with Gasteiger partial charge >= 0.3 is 0 Å². The first-order valence-electron chi connectivity index (χ1n) is 9.39. The van der Waals surface area contributed by atoms with E-state index in [1.165, 1.54) is 18.3 Å². The average molecular weight is 550 g/mol. The molecule has 31 heavy (non-hydrogen) atoms. The Labute approximate surface area is 196 Å². The Morgan fingerprint density at radius 1 is 1.06 bits per heavy atom. The Balaban J connectivity index is 1.73. The number of hydrogen-bond acceptors (Lipinski definition) is 4. The first-order valence-corrected chi connectivity index (χ1v) is 11.0. The first-order chi connectivity index (χ1) is 15.0. The zero-order chi connectivity index (χ0) is 22.2. The summed E-state index contributed by atoms with van der Waals surface area (Å²) in [4.78, 5) is 12.3. The lowest BCUT2D eigenvalue weighted by molar-refractivity contribution is 0.0954. The molecule has 0 aliphatic rings. The number of rotatable bonds is 8. The lowest BCUT2D eigenvalue weighted by Crippen LogP contribution is -2.18. The highest BCUT2D eigenvalue weighted by molar-refractivity contribution is 9.10. The van der Waals surface area contributed by atoms with Gasteiger partial charge < -0.3 is 9.47 Å². The lowest BCUT2D eigenvalue weighted by atomic mass is 10.2. The van der Waals surface area contributed by atoms with E-state index < -0.39 is 0 Å². The maximum atomic E-state index is 13.1. The molecule has 3 rings (SSSR count). The monoisotopic (exact) mass is 548 g/mol. The van der Waals surface area contributed by atoms with E-state index in [1.54, 1.807) is 42.5 Å². The Bertz CT molecular complexity index is 1090. The number of ether oxygens (including phenoxy) is 2. The molecule has 0 aromatic heterocycles. The fourth-order valence-corrected chi connectivity index (χ4v) is 3.71. The number of hydrazone groups is 1. The fourth-order valence-electron chi connectivity index (χ4n) is 2.67. The van der Waals surface area contributed by atoms with Crippen LogP contribution in [0.4, 0.5) is 4.39 Å². The third-order valence-corrected chi connectivity index (χ3v) is 5.41. The number of benzene rings is 3. The minimum atomic E-state index is -0.327. The van der Waals surface area contributed by atoms with Gasteiger partial charge in [-0.25, -0.2) is 9.82 Å². The average Bonchev–Trinajstić information content (AvgIpc) is 2.75. The van der Waals surface area contributed by atoms with Crippen LogP contribution in [-0.4, -0.2) is 18.7 Å². The number of nitrogens with one attached hydrogen (secondary N) is 1. The van der Waals surface area contributed by atoms with Crippen LogP contribution in [0.15, 0.2) is 74.7 Å². The fraction of sp³-hybridized carbons (Fsp3) is 0.130. The molecule has 1 N–H and O–H groups in total. The summed E-state index contributed by atoms with van der Waals surface area (Å²) in [5, 5.41) is 4.03. The molecule has 0 fully saturated rings. The van der Waals surface area contributed by atoms with E-state index in [0.29, 0.717) is 38.2 Å². The molecule has 0 bridgehead atoms. The summed E-state index contributed by atoms with van der Waals surface area (Å²) in [5.41, 5.74) is 4.53. The number of carbonyl (C=O) groups is 1. The van der Waals surface area contributed by atoms with Gasteiger partial charge in [0.1, 0.15) is 12.4 Å². The molecule has 0 aliphatic carbocycles. The minimum absolute atomic E-state index is 0.258. The molecule has 0 aliphatic heterocycles. The van der Waals surface area contributed by atoms with Gasteiger partial charge in [0, 0.05) is 4.47 Å². The summed E-state index contributed by atoms with van der Waals surface area (Å²) in [6.07, 6.45) is 1.52. The standard InChI is InChI=1S/C23H19Br2FN2O3/c1-2-30-21-12-16(13-27-28-23(29)18-5-3-4-6-19(18)24)11-20(25)22(21)31-14-15-7-9-17(26)10-8-15/h3-13H,2,14H2,1H3,(H,28,29)/b27-13-. The zero-order valence-electron chi connectivity index (χ0n) is 16.6. The van der Waals surface area contributed by atoms with Gasteiger partial charge in [-0.15, -0.1) is 0 Å². The van der Waals surface area contributed by atoms with E-state index in [9.17, 15) is 9.18 Å². The highest BCUT2D eigenvalue weighted by Gasteiger charge is 2.13. The van der Waals surface area contributed by atoms with E-state index in [1.807, 2.05) is 13.0 Å².